The van der Waals surface area contributed by atoms with Crippen molar-refractivity contribution in [3.63, 3.8) is 0 Å². The van der Waals surface area contributed by atoms with Gasteiger partial charge in [0.2, 0.25) is 0 Å². The van der Waals surface area contributed by atoms with Crippen LogP contribution in [0.1, 0.15) is 16.7 Å². The molecule has 2 aromatic heterocycles. The molecule has 0 atom stereocenters. The third-order valence-electron chi connectivity index (χ3n) is 6.71. The molecule has 0 saturated carbocycles. The second-order valence-electron chi connectivity index (χ2n) is 8.70. The first-order chi connectivity index (χ1) is 15.0. The third kappa shape index (κ3) is 2.48. The fourth-order valence-electron chi connectivity index (χ4n) is 5.42. The van der Waals surface area contributed by atoms with Gasteiger partial charge >= 0.3 is 0 Å². The van der Waals surface area contributed by atoms with Crippen molar-refractivity contribution in [2.24, 2.45) is 7.05 Å². The van der Waals surface area contributed by atoms with E-state index in [1.165, 1.54) is 60.2 Å². The normalized spacial score (nSPS) is 11.9. The van der Waals surface area contributed by atoms with Crippen LogP contribution in [-0.4, -0.2) is 9.55 Å². The van der Waals surface area contributed by atoms with E-state index in [-0.39, 0.29) is 0 Å². The molecule has 2 heteroatoms. The van der Waals surface area contributed by atoms with E-state index in [1.54, 1.807) is 0 Å². The van der Waals surface area contributed by atoms with Crippen molar-refractivity contribution in [1.82, 2.24) is 9.55 Å². The molecule has 2 heterocycles. The standard InChI is InChI=1S/C29H24N2/c1-17-15-18(2)26-19(3)21(14-13-20(26)16-17)28-29-27(22-9-5-7-11-24(22)30-28)23-10-6-8-12-25(23)31(29)4/h5-16H,1-4H3. The Labute approximate surface area is 181 Å². The predicted octanol–water partition coefficient (Wildman–Crippen LogP) is 7.63. The lowest BCUT2D eigenvalue weighted by Gasteiger charge is -2.15. The highest BCUT2D eigenvalue weighted by Crippen LogP contribution is 2.41. The number of aromatic nitrogens is 2. The lowest BCUT2D eigenvalue weighted by Crippen LogP contribution is -1.97. The maximum Gasteiger partial charge on any atom is 0.0955 e. The van der Waals surface area contributed by atoms with Crippen molar-refractivity contribution < 1.29 is 0 Å². The largest absolute Gasteiger partial charge is 0.342 e. The second-order valence-corrected chi connectivity index (χ2v) is 8.70. The van der Waals surface area contributed by atoms with Gasteiger partial charge in [-0.05, 0) is 54.8 Å². The highest BCUT2D eigenvalue weighted by atomic mass is 15.0. The van der Waals surface area contributed by atoms with Gasteiger partial charge in [-0.25, -0.2) is 4.98 Å². The SMILES string of the molecule is Cc1cc(C)c2c(C)c(-c3nc4ccccc4c4c5ccccc5n(C)c34)ccc2c1. The molecular weight excluding hydrogens is 376 g/mol. The van der Waals surface area contributed by atoms with Gasteiger partial charge in [0.05, 0.1) is 16.7 Å². The summed E-state index contributed by atoms with van der Waals surface area (Å²) in [5.41, 5.74) is 9.67. The van der Waals surface area contributed by atoms with E-state index < -0.39 is 0 Å². The van der Waals surface area contributed by atoms with Crippen LogP contribution in [0.25, 0.3) is 54.7 Å². The molecule has 0 aliphatic carbocycles. The summed E-state index contributed by atoms with van der Waals surface area (Å²) in [5, 5.41) is 6.42. The van der Waals surface area contributed by atoms with Crippen molar-refractivity contribution in [3.8, 4) is 11.3 Å². The molecule has 6 aromatic rings. The Hall–Kier alpha value is -3.65. The van der Waals surface area contributed by atoms with Crippen molar-refractivity contribution >= 4 is 43.5 Å². The van der Waals surface area contributed by atoms with Crippen LogP contribution < -0.4 is 0 Å². The number of hydrogen-bond acceptors (Lipinski definition) is 1. The number of para-hydroxylation sites is 2. The Morgan fingerprint density at radius 3 is 2.32 bits per heavy atom. The van der Waals surface area contributed by atoms with E-state index in [1.807, 2.05) is 0 Å². The average Bonchev–Trinajstić information content (AvgIpc) is 3.06. The Balaban J connectivity index is 1.83. The summed E-state index contributed by atoms with van der Waals surface area (Å²) in [6.45, 7) is 6.62. The Bertz CT molecular complexity index is 1670. The zero-order valence-corrected chi connectivity index (χ0v) is 18.3. The summed E-state index contributed by atoms with van der Waals surface area (Å²) >= 11 is 0. The Kier molecular flexibility index (Phi) is 3.76. The zero-order valence-electron chi connectivity index (χ0n) is 18.3. The molecule has 2 nitrogen and oxygen atoms in total. The first-order valence-corrected chi connectivity index (χ1v) is 10.8. The molecule has 150 valence electrons. The number of rotatable bonds is 1. The summed E-state index contributed by atoms with van der Waals surface area (Å²) in [4.78, 5) is 5.22. The minimum atomic E-state index is 1.04. The number of hydrogen-bond donors (Lipinski definition) is 0. The summed E-state index contributed by atoms with van der Waals surface area (Å²) < 4.78 is 2.31. The first kappa shape index (κ1) is 18.1. The van der Waals surface area contributed by atoms with E-state index in [0.717, 1.165) is 11.2 Å². The number of nitrogens with zero attached hydrogens (tertiary/aromatic N) is 2. The monoisotopic (exact) mass is 400 g/mol. The van der Waals surface area contributed by atoms with Gasteiger partial charge in [-0.15, -0.1) is 0 Å². The number of benzene rings is 4. The van der Waals surface area contributed by atoms with Gasteiger partial charge in [-0.3, -0.25) is 0 Å². The fraction of sp³-hybridized carbons (Fsp3) is 0.138. The molecule has 6 rings (SSSR count). The maximum atomic E-state index is 5.22. The number of aryl methyl sites for hydroxylation is 4. The van der Waals surface area contributed by atoms with Crippen LogP contribution in [0.5, 0.6) is 0 Å². The topological polar surface area (TPSA) is 17.8 Å². The molecule has 0 bridgehead atoms. The molecule has 0 aliphatic rings. The van der Waals surface area contributed by atoms with Gasteiger partial charge in [0, 0.05) is 34.3 Å². The van der Waals surface area contributed by atoms with Crippen LogP contribution in [0, 0.1) is 20.8 Å². The first-order valence-electron chi connectivity index (χ1n) is 10.8. The van der Waals surface area contributed by atoms with E-state index in [0.29, 0.717) is 0 Å². The van der Waals surface area contributed by atoms with Gasteiger partial charge in [-0.2, -0.15) is 0 Å². The van der Waals surface area contributed by atoms with Gasteiger partial charge in [-0.1, -0.05) is 66.2 Å². The lowest BCUT2D eigenvalue weighted by molar-refractivity contribution is 1.01. The molecule has 0 radical (unpaired) electrons. The molecule has 0 aliphatic heterocycles. The summed E-state index contributed by atoms with van der Waals surface area (Å²) in [6.07, 6.45) is 0. The van der Waals surface area contributed by atoms with E-state index in [2.05, 4.69) is 105 Å². The summed E-state index contributed by atoms with van der Waals surface area (Å²) in [7, 11) is 2.16. The minimum Gasteiger partial charge on any atom is -0.342 e. The lowest BCUT2D eigenvalue weighted by atomic mass is 9.92. The van der Waals surface area contributed by atoms with E-state index >= 15 is 0 Å². The van der Waals surface area contributed by atoms with E-state index in [9.17, 15) is 0 Å². The summed E-state index contributed by atoms with van der Waals surface area (Å²) in [5.74, 6) is 0. The number of fused-ring (bicyclic) bond motifs is 6. The molecule has 4 aromatic carbocycles. The van der Waals surface area contributed by atoms with Crippen LogP contribution >= 0.6 is 0 Å². The molecule has 0 N–H and O–H groups in total. The van der Waals surface area contributed by atoms with Crippen LogP contribution in [0.3, 0.4) is 0 Å². The second kappa shape index (κ2) is 6.42. The molecule has 31 heavy (non-hydrogen) atoms. The zero-order chi connectivity index (χ0) is 21.3. The summed E-state index contributed by atoms with van der Waals surface area (Å²) in [6, 6.07) is 26.3. The average molecular weight is 401 g/mol. The highest BCUT2D eigenvalue weighted by Gasteiger charge is 2.19. The van der Waals surface area contributed by atoms with Crippen molar-refractivity contribution in [2.45, 2.75) is 20.8 Å². The number of pyridine rings is 1. The van der Waals surface area contributed by atoms with Crippen molar-refractivity contribution in [3.05, 3.63) is 89.5 Å². The van der Waals surface area contributed by atoms with Crippen molar-refractivity contribution in [2.75, 3.05) is 0 Å². The molecular formula is C29H24N2. The predicted molar refractivity (Wildman–Crippen MR) is 133 cm³/mol. The van der Waals surface area contributed by atoms with Gasteiger partial charge in [0.1, 0.15) is 0 Å². The van der Waals surface area contributed by atoms with Gasteiger partial charge < -0.3 is 4.57 Å². The third-order valence-corrected chi connectivity index (χ3v) is 6.71. The molecule has 0 spiro atoms. The molecule has 0 amide bonds. The maximum absolute atomic E-state index is 5.22. The van der Waals surface area contributed by atoms with Crippen LogP contribution in [0.4, 0.5) is 0 Å². The van der Waals surface area contributed by atoms with Crippen LogP contribution in [0.2, 0.25) is 0 Å². The van der Waals surface area contributed by atoms with Crippen LogP contribution in [-0.2, 0) is 7.05 Å². The molecule has 0 unspecified atom stereocenters. The highest BCUT2D eigenvalue weighted by molar-refractivity contribution is 6.23. The minimum absolute atomic E-state index is 1.04. The van der Waals surface area contributed by atoms with E-state index in [4.69, 9.17) is 4.98 Å². The Morgan fingerprint density at radius 1 is 0.742 bits per heavy atom. The smallest absolute Gasteiger partial charge is 0.0955 e. The fourth-order valence-corrected chi connectivity index (χ4v) is 5.42. The van der Waals surface area contributed by atoms with Crippen LogP contribution in [0.15, 0.2) is 72.8 Å². The Morgan fingerprint density at radius 2 is 1.48 bits per heavy atom. The molecule has 0 saturated heterocycles. The van der Waals surface area contributed by atoms with Gasteiger partial charge in [0.15, 0.2) is 0 Å². The molecule has 0 fully saturated rings. The quantitative estimate of drug-likeness (QED) is 0.277. The van der Waals surface area contributed by atoms with Crippen molar-refractivity contribution in [1.29, 1.82) is 0 Å². The van der Waals surface area contributed by atoms with Gasteiger partial charge in [0.25, 0.3) is 0 Å².